The summed E-state index contributed by atoms with van der Waals surface area (Å²) < 4.78 is 0. The number of halogens is 1. The van der Waals surface area contributed by atoms with Crippen LogP contribution in [0.15, 0.2) is 24.3 Å². The van der Waals surface area contributed by atoms with Crippen molar-refractivity contribution in [3.63, 3.8) is 0 Å². The number of nitrogens with zero attached hydrogens (tertiary/aromatic N) is 1. The summed E-state index contributed by atoms with van der Waals surface area (Å²) in [5.74, 6) is 0. The molecule has 0 saturated carbocycles. The maximum atomic E-state index is 5.93. The van der Waals surface area contributed by atoms with Crippen LogP contribution in [0, 0.1) is 0 Å². The molecule has 2 aromatic rings. The number of nitrogens with one attached hydrogen (secondary N) is 1. The van der Waals surface area contributed by atoms with Crippen LogP contribution in [-0.4, -0.2) is 12.0 Å². The molecule has 18 heavy (non-hydrogen) atoms. The Kier molecular flexibility index (Phi) is 3.37. The highest BCUT2D eigenvalue weighted by Gasteiger charge is 2.22. The zero-order chi connectivity index (χ0) is 12.5. The first-order valence-corrected chi connectivity index (χ1v) is 7.38. The van der Waals surface area contributed by atoms with E-state index in [2.05, 4.69) is 17.4 Å². The molecule has 0 bridgehead atoms. The molecule has 94 valence electrons. The standard InChI is InChI=1S/C14H15ClN2S/c1-16-13(9-5-7-10(15)8-6-9)14-17-11-3-2-4-12(11)18-14/h5-8,13,16H,2-4H2,1H3. The molecule has 1 aliphatic carbocycles. The summed E-state index contributed by atoms with van der Waals surface area (Å²) in [5, 5.41) is 5.29. The number of aryl methyl sites for hydroxylation is 2. The molecule has 0 aliphatic heterocycles. The third kappa shape index (κ3) is 2.18. The summed E-state index contributed by atoms with van der Waals surface area (Å²) in [6.45, 7) is 0. The van der Waals surface area contributed by atoms with Crippen LogP contribution in [0.1, 0.15) is 33.6 Å². The van der Waals surface area contributed by atoms with Crippen LogP contribution >= 0.6 is 22.9 Å². The smallest absolute Gasteiger partial charge is 0.115 e. The van der Waals surface area contributed by atoms with Crippen molar-refractivity contribution < 1.29 is 0 Å². The molecule has 2 nitrogen and oxygen atoms in total. The van der Waals surface area contributed by atoms with Crippen LogP contribution in [0.3, 0.4) is 0 Å². The van der Waals surface area contributed by atoms with Crippen molar-refractivity contribution in [2.45, 2.75) is 25.3 Å². The molecule has 0 spiro atoms. The Balaban J connectivity index is 1.93. The summed E-state index contributed by atoms with van der Waals surface area (Å²) in [6, 6.07) is 8.18. The van der Waals surface area contributed by atoms with Crippen molar-refractivity contribution in [3.8, 4) is 0 Å². The second-order valence-electron chi connectivity index (χ2n) is 4.55. The molecular formula is C14H15ClN2S. The summed E-state index contributed by atoms with van der Waals surface area (Å²) in [5.41, 5.74) is 2.53. The fourth-order valence-electron chi connectivity index (χ4n) is 2.42. The highest BCUT2D eigenvalue weighted by Crippen LogP contribution is 2.33. The van der Waals surface area contributed by atoms with E-state index in [1.54, 1.807) is 0 Å². The van der Waals surface area contributed by atoms with E-state index in [0.29, 0.717) is 0 Å². The second kappa shape index (κ2) is 5.00. The van der Waals surface area contributed by atoms with Gasteiger partial charge in [0.1, 0.15) is 5.01 Å². The van der Waals surface area contributed by atoms with Crippen LogP contribution in [0.25, 0.3) is 0 Å². The molecule has 1 atom stereocenters. The van der Waals surface area contributed by atoms with Gasteiger partial charge in [-0.3, -0.25) is 0 Å². The maximum Gasteiger partial charge on any atom is 0.115 e. The lowest BCUT2D eigenvalue weighted by molar-refractivity contribution is 0.683. The van der Waals surface area contributed by atoms with E-state index in [9.17, 15) is 0 Å². The molecule has 1 heterocycles. The van der Waals surface area contributed by atoms with Crippen molar-refractivity contribution in [1.82, 2.24) is 10.3 Å². The van der Waals surface area contributed by atoms with Gasteiger partial charge in [0.15, 0.2) is 0 Å². The summed E-state index contributed by atoms with van der Waals surface area (Å²) in [7, 11) is 1.98. The molecule has 0 amide bonds. The minimum atomic E-state index is 0.179. The normalized spacial score (nSPS) is 15.7. The van der Waals surface area contributed by atoms with Gasteiger partial charge in [0.2, 0.25) is 0 Å². The van der Waals surface area contributed by atoms with Crippen LogP contribution in [0.4, 0.5) is 0 Å². The molecule has 4 heteroatoms. The fourth-order valence-corrected chi connectivity index (χ4v) is 3.84. The molecule has 1 aromatic carbocycles. The van der Waals surface area contributed by atoms with Crippen LogP contribution in [0.2, 0.25) is 5.02 Å². The molecule has 3 rings (SSSR count). The molecule has 1 unspecified atom stereocenters. The Labute approximate surface area is 116 Å². The molecule has 0 fully saturated rings. The van der Waals surface area contributed by atoms with Gasteiger partial charge in [-0.25, -0.2) is 4.98 Å². The Hall–Kier alpha value is -0.900. The van der Waals surface area contributed by atoms with Crippen molar-refractivity contribution in [2.75, 3.05) is 7.05 Å². The first-order valence-electron chi connectivity index (χ1n) is 6.19. The van der Waals surface area contributed by atoms with E-state index in [-0.39, 0.29) is 6.04 Å². The number of rotatable bonds is 3. The number of aromatic nitrogens is 1. The number of thiazole rings is 1. The van der Waals surface area contributed by atoms with Crippen LogP contribution in [-0.2, 0) is 12.8 Å². The van der Waals surface area contributed by atoms with E-state index in [4.69, 9.17) is 16.6 Å². The van der Waals surface area contributed by atoms with Gasteiger partial charge >= 0.3 is 0 Å². The fraction of sp³-hybridized carbons (Fsp3) is 0.357. The Morgan fingerprint density at radius 2 is 2.06 bits per heavy atom. The summed E-state index contributed by atoms with van der Waals surface area (Å²) >= 11 is 7.78. The first-order chi connectivity index (χ1) is 8.78. The van der Waals surface area contributed by atoms with E-state index < -0.39 is 0 Å². The van der Waals surface area contributed by atoms with E-state index in [1.807, 2.05) is 30.5 Å². The molecular weight excluding hydrogens is 264 g/mol. The third-order valence-corrected chi connectivity index (χ3v) is 4.83. The van der Waals surface area contributed by atoms with Gasteiger partial charge in [-0.05, 0) is 44.0 Å². The Bertz CT molecular complexity index is 526. The number of fused-ring (bicyclic) bond motifs is 1. The lowest BCUT2D eigenvalue weighted by Gasteiger charge is -2.14. The SMILES string of the molecule is CNC(c1ccc(Cl)cc1)c1nc2c(s1)CCC2. The van der Waals surface area contributed by atoms with Crippen LogP contribution in [0.5, 0.6) is 0 Å². The van der Waals surface area contributed by atoms with E-state index in [1.165, 1.54) is 34.0 Å². The second-order valence-corrected chi connectivity index (χ2v) is 6.10. The van der Waals surface area contributed by atoms with Crippen molar-refractivity contribution >= 4 is 22.9 Å². The van der Waals surface area contributed by atoms with Crippen molar-refractivity contribution in [1.29, 1.82) is 0 Å². The van der Waals surface area contributed by atoms with Crippen molar-refractivity contribution in [3.05, 3.63) is 50.4 Å². The monoisotopic (exact) mass is 278 g/mol. The lowest BCUT2D eigenvalue weighted by Crippen LogP contribution is -2.17. The summed E-state index contributed by atoms with van der Waals surface area (Å²) in [4.78, 5) is 6.26. The minimum Gasteiger partial charge on any atom is -0.307 e. The highest BCUT2D eigenvalue weighted by molar-refractivity contribution is 7.11. The topological polar surface area (TPSA) is 24.9 Å². The Morgan fingerprint density at radius 3 is 2.72 bits per heavy atom. The zero-order valence-electron chi connectivity index (χ0n) is 10.2. The van der Waals surface area contributed by atoms with E-state index >= 15 is 0 Å². The average Bonchev–Trinajstić information content (AvgIpc) is 2.93. The lowest BCUT2D eigenvalue weighted by atomic mass is 10.1. The first kappa shape index (κ1) is 12.2. The molecule has 1 aromatic heterocycles. The number of benzene rings is 1. The molecule has 0 saturated heterocycles. The quantitative estimate of drug-likeness (QED) is 0.928. The number of hydrogen-bond acceptors (Lipinski definition) is 3. The van der Waals surface area contributed by atoms with Gasteiger partial charge in [-0.2, -0.15) is 0 Å². The number of hydrogen-bond donors (Lipinski definition) is 1. The maximum absolute atomic E-state index is 5.93. The van der Waals surface area contributed by atoms with Gasteiger partial charge in [-0.15, -0.1) is 11.3 Å². The minimum absolute atomic E-state index is 0.179. The van der Waals surface area contributed by atoms with Gasteiger partial charge in [-0.1, -0.05) is 23.7 Å². The Morgan fingerprint density at radius 1 is 1.28 bits per heavy atom. The van der Waals surface area contributed by atoms with Crippen LogP contribution < -0.4 is 5.32 Å². The van der Waals surface area contributed by atoms with E-state index in [0.717, 1.165) is 11.4 Å². The molecule has 1 N–H and O–H groups in total. The van der Waals surface area contributed by atoms with Gasteiger partial charge in [0.25, 0.3) is 0 Å². The third-order valence-electron chi connectivity index (χ3n) is 3.35. The predicted octanol–water partition coefficient (Wildman–Crippen LogP) is 3.59. The van der Waals surface area contributed by atoms with Crippen molar-refractivity contribution in [2.24, 2.45) is 0 Å². The van der Waals surface area contributed by atoms with Gasteiger partial charge in [0.05, 0.1) is 11.7 Å². The average molecular weight is 279 g/mol. The summed E-state index contributed by atoms with van der Waals surface area (Å²) in [6.07, 6.45) is 3.60. The zero-order valence-corrected chi connectivity index (χ0v) is 11.8. The predicted molar refractivity (Wildman–Crippen MR) is 76.5 cm³/mol. The van der Waals surface area contributed by atoms with Gasteiger partial charge in [0, 0.05) is 9.90 Å². The van der Waals surface area contributed by atoms with Gasteiger partial charge < -0.3 is 5.32 Å². The molecule has 1 aliphatic rings. The molecule has 0 radical (unpaired) electrons. The largest absolute Gasteiger partial charge is 0.307 e. The highest BCUT2D eigenvalue weighted by atomic mass is 35.5.